The molecular formula is C17H15NO. The Bertz CT molecular complexity index is 652. The normalized spacial score (nSPS) is 12.6. The Morgan fingerprint density at radius 1 is 1.00 bits per heavy atom. The molecule has 2 heteroatoms. The van der Waals surface area contributed by atoms with Crippen LogP contribution in [0, 0.1) is 11.8 Å². The summed E-state index contributed by atoms with van der Waals surface area (Å²) >= 11 is 0. The Morgan fingerprint density at radius 2 is 1.68 bits per heavy atom. The van der Waals surface area contributed by atoms with Crippen molar-refractivity contribution in [2.45, 2.75) is 6.54 Å². The van der Waals surface area contributed by atoms with Crippen molar-refractivity contribution in [1.29, 1.82) is 0 Å². The van der Waals surface area contributed by atoms with E-state index in [0.717, 1.165) is 23.4 Å². The van der Waals surface area contributed by atoms with Gasteiger partial charge in [0, 0.05) is 24.8 Å². The molecule has 0 saturated heterocycles. The predicted molar refractivity (Wildman–Crippen MR) is 76.9 cm³/mol. The molecule has 0 radical (unpaired) electrons. The summed E-state index contributed by atoms with van der Waals surface area (Å²) in [5, 5.41) is 0. The number of ether oxygens (including phenoxy) is 1. The maximum Gasteiger partial charge on any atom is 0.118 e. The van der Waals surface area contributed by atoms with Crippen molar-refractivity contribution in [3.63, 3.8) is 0 Å². The van der Waals surface area contributed by atoms with E-state index in [1.54, 1.807) is 7.11 Å². The van der Waals surface area contributed by atoms with Crippen LogP contribution in [0.4, 0.5) is 5.69 Å². The first-order valence-corrected chi connectivity index (χ1v) is 6.31. The van der Waals surface area contributed by atoms with E-state index in [-0.39, 0.29) is 0 Å². The van der Waals surface area contributed by atoms with Crippen LogP contribution in [-0.4, -0.2) is 13.8 Å². The van der Waals surface area contributed by atoms with E-state index in [9.17, 15) is 0 Å². The number of hydrogen-bond donors (Lipinski definition) is 0. The summed E-state index contributed by atoms with van der Waals surface area (Å²) in [6.45, 7) is 1.38. The van der Waals surface area contributed by atoms with Gasteiger partial charge in [-0.3, -0.25) is 0 Å². The molecule has 94 valence electrons. The maximum absolute atomic E-state index is 5.33. The predicted octanol–water partition coefficient (Wildman–Crippen LogP) is 3.01. The van der Waals surface area contributed by atoms with Gasteiger partial charge in [0.25, 0.3) is 0 Å². The van der Waals surface area contributed by atoms with E-state index in [1.807, 2.05) is 18.2 Å². The topological polar surface area (TPSA) is 12.5 Å². The number of para-hydroxylation sites is 1. The van der Waals surface area contributed by atoms with Crippen LogP contribution >= 0.6 is 0 Å². The molecule has 0 amide bonds. The minimum Gasteiger partial charge on any atom is -0.364 e. The molecule has 0 unspecified atom stereocenters. The molecular weight excluding hydrogens is 234 g/mol. The lowest BCUT2D eigenvalue weighted by atomic mass is 10.0. The van der Waals surface area contributed by atoms with Gasteiger partial charge in [-0.05, 0) is 23.8 Å². The van der Waals surface area contributed by atoms with Gasteiger partial charge >= 0.3 is 0 Å². The second kappa shape index (κ2) is 5.17. The summed E-state index contributed by atoms with van der Waals surface area (Å²) in [4.78, 5) is 2.21. The largest absolute Gasteiger partial charge is 0.364 e. The molecule has 0 saturated carbocycles. The van der Waals surface area contributed by atoms with Crippen molar-refractivity contribution in [3.8, 4) is 11.8 Å². The maximum atomic E-state index is 5.33. The zero-order chi connectivity index (χ0) is 13.1. The lowest BCUT2D eigenvalue weighted by Gasteiger charge is -2.26. The Kier molecular flexibility index (Phi) is 3.22. The summed E-state index contributed by atoms with van der Waals surface area (Å²) in [6, 6.07) is 16.5. The van der Waals surface area contributed by atoms with Gasteiger partial charge < -0.3 is 9.64 Å². The summed E-state index contributed by atoms with van der Waals surface area (Å²) < 4.78 is 5.33. The lowest BCUT2D eigenvalue weighted by Crippen LogP contribution is -2.26. The van der Waals surface area contributed by atoms with Crippen molar-refractivity contribution in [2.75, 3.05) is 18.7 Å². The van der Waals surface area contributed by atoms with Crippen LogP contribution < -0.4 is 4.90 Å². The number of rotatable bonds is 2. The van der Waals surface area contributed by atoms with Crippen LogP contribution in [0.3, 0.4) is 0 Å². The number of anilines is 1. The Hall–Kier alpha value is -2.24. The Labute approximate surface area is 113 Å². The van der Waals surface area contributed by atoms with Crippen LogP contribution in [-0.2, 0) is 11.3 Å². The molecule has 0 spiro atoms. The summed E-state index contributed by atoms with van der Waals surface area (Å²) in [7, 11) is 1.72. The van der Waals surface area contributed by atoms with E-state index >= 15 is 0 Å². The van der Waals surface area contributed by atoms with E-state index in [2.05, 4.69) is 47.1 Å². The lowest BCUT2D eigenvalue weighted by molar-refractivity contribution is 0.196. The molecule has 2 aromatic rings. The summed E-state index contributed by atoms with van der Waals surface area (Å²) in [6.07, 6.45) is 0. The fourth-order valence-corrected chi connectivity index (χ4v) is 2.33. The third kappa shape index (κ3) is 2.33. The standard InChI is InChI=1S/C17H15NO/c1-19-13-18-12-16-8-3-2-6-14(16)10-11-15-7-4-5-9-17(15)18/h2-9H,12-13H2,1H3. The average Bonchev–Trinajstić information content (AvgIpc) is 2.44. The van der Waals surface area contributed by atoms with E-state index in [4.69, 9.17) is 4.74 Å². The number of methoxy groups -OCH3 is 1. The van der Waals surface area contributed by atoms with Crippen LogP contribution in [0.25, 0.3) is 0 Å². The molecule has 0 fully saturated rings. The third-order valence-electron chi connectivity index (χ3n) is 3.24. The van der Waals surface area contributed by atoms with Gasteiger partial charge in [0.2, 0.25) is 0 Å². The van der Waals surface area contributed by atoms with Crippen LogP contribution in [0.1, 0.15) is 16.7 Å². The molecule has 0 aliphatic carbocycles. The first-order valence-electron chi connectivity index (χ1n) is 6.31. The molecule has 1 heterocycles. The highest BCUT2D eigenvalue weighted by atomic mass is 16.5. The Balaban J connectivity index is 2.14. The quantitative estimate of drug-likeness (QED) is 0.759. The van der Waals surface area contributed by atoms with E-state index in [0.29, 0.717) is 6.73 Å². The molecule has 1 aliphatic heterocycles. The SMILES string of the molecule is COCN1Cc2ccccc2C#Cc2ccccc21. The molecule has 1 aliphatic rings. The fourth-order valence-electron chi connectivity index (χ4n) is 2.33. The minimum absolute atomic E-state index is 0.563. The molecule has 0 N–H and O–H groups in total. The monoisotopic (exact) mass is 249 g/mol. The summed E-state index contributed by atoms with van der Waals surface area (Å²) in [5.41, 5.74) is 4.51. The number of benzene rings is 2. The zero-order valence-corrected chi connectivity index (χ0v) is 10.9. The minimum atomic E-state index is 0.563. The third-order valence-corrected chi connectivity index (χ3v) is 3.24. The van der Waals surface area contributed by atoms with Gasteiger partial charge in [-0.15, -0.1) is 0 Å². The molecule has 19 heavy (non-hydrogen) atoms. The van der Waals surface area contributed by atoms with Gasteiger partial charge in [0.15, 0.2) is 0 Å². The van der Waals surface area contributed by atoms with Crippen molar-refractivity contribution in [1.82, 2.24) is 0 Å². The highest BCUT2D eigenvalue weighted by Crippen LogP contribution is 2.24. The Morgan fingerprint density at radius 3 is 2.53 bits per heavy atom. The van der Waals surface area contributed by atoms with Crippen molar-refractivity contribution >= 4 is 5.69 Å². The van der Waals surface area contributed by atoms with Crippen molar-refractivity contribution in [3.05, 3.63) is 65.2 Å². The molecule has 0 atom stereocenters. The van der Waals surface area contributed by atoms with Crippen LogP contribution in [0.15, 0.2) is 48.5 Å². The fraction of sp³-hybridized carbons (Fsp3) is 0.176. The van der Waals surface area contributed by atoms with Crippen molar-refractivity contribution in [2.24, 2.45) is 0 Å². The summed E-state index contributed by atoms with van der Waals surface area (Å²) in [5.74, 6) is 6.53. The number of nitrogens with zero attached hydrogens (tertiary/aromatic N) is 1. The smallest absolute Gasteiger partial charge is 0.118 e. The first kappa shape index (κ1) is 11.8. The van der Waals surface area contributed by atoms with Gasteiger partial charge in [0.05, 0.1) is 5.69 Å². The molecule has 2 nitrogen and oxygen atoms in total. The second-order valence-electron chi connectivity index (χ2n) is 4.54. The van der Waals surface area contributed by atoms with Gasteiger partial charge in [0.1, 0.15) is 6.73 Å². The second-order valence-corrected chi connectivity index (χ2v) is 4.54. The van der Waals surface area contributed by atoms with Gasteiger partial charge in [-0.1, -0.05) is 42.2 Å². The van der Waals surface area contributed by atoms with Crippen LogP contribution in [0.2, 0.25) is 0 Å². The van der Waals surface area contributed by atoms with Crippen molar-refractivity contribution < 1.29 is 4.74 Å². The van der Waals surface area contributed by atoms with Gasteiger partial charge in [-0.25, -0.2) is 0 Å². The number of fused-ring (bicyclic) bond motifs is 2. The molecule has 0 bridgehead atoms. The van der Waals surface area contributed by atoms with Gasteiger partial charge in [-0.2, -0.15) is 0 Å². The zero-order valence-electron chi connectivity index (χ0n) is 10.9. The van der Waals surface area contributed by atoms with E-state index < -0.39 is 0 Å². The molecule has 2 aromatic carbocycles. The highest BCUT2D eigenvalue weighted by molar-refractivity contribution is 5.64. The average molecular weight is 249 g/mol. The highest BCUT2D eigenvalue weighted by Gasteiger charge is 2.13. The van der Waals surface area contributed by atoms with E-state index in [1.165, 1.54) is 5.56 Å². The van der Waals surface area contributed by atoms with Crippen LogP contribution in [0.5, 0.6) is 0 Å². The molecule has 0 aromatic heterocycles. The first-order chi connectivity index (χ1) is 9.38. The molecule has 3 rings (SSSR count). The number of hydrogen-bond acceptors (Lipinski definition) is 2.